The highest BCUT2D eigenvalue weighted by Gasteiger charge is 2.66. The molecule has 1 aliphatic rings. The molecule has 8 heteroatoms. The molecule has 0 bridgehead atoms. The number of hydrogen-bond donors (Lipinski definition) is 2. The molecule has 3 unspecified atom stereocenters. The Kier molecular flexibility index (Phi) is 4.84. The van der Waals surface area contributed by atoms with Crippen LogP contribution < -0.4 is 10.1 Å². The fraction of sp³-hybridized carbons (Fsp3) is 0.312. The van der Waals surface area contributed by atoms with Crippen LogP contribution in [-0.4, -0.2) is 45.1 Å². The Morgan fingerprint density at radius 2 is 1.96 bits per heavy atom. The number of halogens is 1. The summed E-state index contributed by atoms with van der Waals surface area (Å²) in [5, 5.41) is 11.7. The van der Waals surface area contributed by atoms with Crippen molar-refractivity contribution < 1.29 is 24.2 Å². The Morgan fingerprint density at radius 1 is 1.38 bits per heavy atom. The number of nitrogens with one attached hydrogen (secondary N) is 1. The quantitative estimate of drug-likeness (QED) is 0.265. The molecule has 0 spiro atoms. The van der Waals surface area contributed by atoms with Gasteiger partial charge in [0.15, 0.2) is 11.5 Å². The molecule has 1 fully saturated rings. The molecular weight excluding hydrogens is 336 g/mol. The van der Waals surface area contributed by atoms with Crippen molar-refractivity contribution in [3.63, 3.8) is 0 Å². The van der Waals surface area contributed by atoms with Crippen LogP contribution in [0.1, 0.15) is 13.8 Å². The van der Waals surface area contributed by atoms with E-state index in [0.717, 1.165) is 4.90 Å². The van der Waals surface area contributed by atoms with Gasteiger partial charge in [-0.1, -0.05) is 36.4 Å². The molecule has 7 nitrogen and oxygen atoms in total. The van der Waals surface area contributed by atoms with Gasteiger partial charge in [0.2, 0.25) is 5.91 Å². The Morgan fingerprint density at radius 3 is 2.38 bits per heavy atom. The molecular formula is C16H17ClN2O5. The Balaban J connectivity index is 2.36. The van der Waals surface area contributed by atoms with Crippen molar-refractivity contribution in [1.82, 2.24) is 10.2 Å². The van der Waals surface area contributed by atoms with Crippen molar-refractivity contribution >= 4 is 29.4 Å². The van der Waals surface area contributed by atoms with Crippen LogP contribution in [0, 0.1) is 0 Å². The standard InChI is InChI=1S/C16H17ClN2O5/c1-9(2)12(13(21)22)19-14(17)16(15(19)23,18-10(3)20)24-11-7-5-4-6-8-11/h4-8,12,14H,1H2,2-3H3,(H,18,20)(H,21,22). The fourth-order valence-electron chi connectivity index (χ4n) is 2.51. The lowest BCUT2D eigenvalue weighted by Crippen LogP contribution is -2.83. The molecule has 2 N–H and O–H groups in total. The number of ether oxygens (including phenoxy) is 1. The summed E-state index contributed by atoms with van der Waals surface area (Å²) < 4.78 is 5.64. The number of alkyl halides is 1. The van der Waals surface area contributed by atoms with Crippen LogP contribution in [0.25, 0.3) is 0 Å². The van der Waals surface area contributed by atoms with Crippen molar-refractivity contribution in [3.05, 3.63) is 42.5 Å². The lowest BCUT2D eigenvalue weighted by Gasteiger charge is -2.53. The second-order valence-electron chi connectivity index (χ2n) is 5.47. The number of para-hydroxylation sites is 1. The maximum atomic E-state index is 12.7. The Hall–Kier alpha value is -2.54. The summed E-state index contributed by atoms with van der Waals surface area (Å²) in [5.74, 6) is -2.24. The van der Waals surface area contributed by atoms with Crippen LogP contribution in [0.4, 0.5) is 0 Å². The average molecular weight is 353 g/mol. The summed E-state index contributed by atoms with van der Waals surface area (Å²) in [5.41, 5.74) is -2.85. The summed E-state index contributed by atoms with van der Waals surface area (Å²) in [4.78, 5) is 36.5. The topological polar surface area (TPSA) is 95.9 Å². The van der Waals surface area contributed by atoms with E-state index in [0.29, 0.717) is 5.75 Å². The number of β-lactam (4-membered cyclic amide) rings is 1. The minimum absolute atomic E-state index is 0.234. The van der Waals surface area contributed by atoms with Gasteiger partial charge in [0.1, 0.15) is 5.75 Å². The maximum absolute atomic E-state index is 12.7. The molecule has 3 atom stereocenters. The Labute approximate surface area is 143 Å². The monoisotopic (exact) mass is 352 g/mol. The van der Waals surface area contributed by atoms with Gasteiger partial charge >= 0.3 is 5.97 Å². The van der Waals surface area contributed by atoms with Crippen LogP contribution in [0.3, 0.4) is 0 Å². The predicted molar refractivity (Wildman–Crippen MR) is 86.3 cm³/mol. The van der Waals surface area contributed by atoms with Gasteiger partial charge in [0.25, 0.3) is 11.6 Å². The third kappa shape index (κ3) is 2.94. The number of amides is 2. The Bertz CT molecular complexity index is 679. The second-order valence-corrected chi connectivity index (χ2v) is 5.88. The van der Waals surface area contributed by atoms with Crippen LogP contribution in [0.5, 0.6) is 5.75 Å². The SMILES string of the molecule is C=C(C)C(C(=O)O)N1C(=O)C(NC(C)=O)(Oc2ccccc2)C1Cl. The van der Waals surface area contributed by atoms with Gasteiger partial charge in [0, 0.05) is 6.92 Å². The number of aliphatic carboxylic acids is 1. The van der Waals surface area contributed by atoms with Crippen LogP contribution in [-0.2, 0) is 14.4 Å². The lowest BCUT2D eigenvalue weighted by molar-refractivity contribution is -0.190. The highest BCUT2D eigenvalue weighted by Crippen LogP contribution is 2.39. The molecule has 24 heavy (non-hydrogen) atoms. The minimum atomic E-state index is -1.86. The van der Waals surface area contributed by atoms with Gasteiger partial charge in [-0.05, 0) is 24.6 Å². The highest BCUT2D eigenvalue weighted by molar-refractivity contribution is 6.28. The van der Waals surface area contributed by atoms with Crippen molar-refractivity contribution in [3.8, 4) is 5.75 Å². The van der Waals surface area contributed by atoms with Crippen molar-refractivity contribution in [2.75, 3.05) is 0 Å². The van der Waals surface area contributed by atoms with Crippen LogP contribution in [0.15, 0.2) is 42.5 Å². The molecule has 0 radical (unpaired) electrons. The number of likely N-dealkylation sites (tertiary alicyclic amines) is 1. The van der Waals surface area contributed by atoms with Crippen LogP contribution in [0.2, 0.25) is 0 Å². The number of carbonyl (C=O) groups is 3. The molecule has 0 aromatic heterocycles. The van der Waals surface area contributed by atoms with E-state index in [4.69, 9.17) is 16.3 Å². The number of rotatable bonds is 6. The van der Waals surface area contributed by atoms with Gasteiger partial charge in [-0.25, -0.2) is 4.79 Å². The third-order valence-electron chi connectivity index (χ3n) is 3.49. The summed E-state index contributed by atoms with van der Waals surface area (Å²) in [6.07, 6.45) is 0. The molecule has 1 heterocycles. The van der Waals surface area contributed by atoms with Crippen molar-refractivity contribution in [2.24, 2.45) is 0 Å². The lowest BCUT2D eigenvalue weighted by atomic mass is 9.95. The molecule has 128 valence electrons. The van der Waals surface area contributed by atoms with Crippen molar-refractivity contribution in [1.29, 1.82) is 0 Å². The molecule has 1 aliphatic heterocycles. The van der Waals surface area contributed by atoms with Crippen LogP contribution >= 0.6 is 11.6 Å². The smallest absolute Gasteiger partial charge is 0.330 e. The molecule has 2 amide bonds. The zero-order chi connectivity index (χ0) is 18.1. The van der Waals surface area contributed by atoms with Gasteiger partial charge < -0.3 is 15.2 Å². The highest BCUT2D eigenvalue weighted by atomic mass is 35.5. The molecule has 1 aromatic rings. The molecule has 1 saturated heterocycles. The van der Waals surface area contributed by atoms with E-state index in [1.807, 2.05) is 0 Å². The zero-order valence-electron chi connectivity index (χ0n) is 13.2. The summed E-state index contributed by atoms with van der Waals surface area (Å²) in [6, 6.07) is 7.02. The maximum Gasteiger partial charge on any atom is 0.330 e. The molecule has 0 aliphatic carbocycles. The molecule has 2 rings (SSSR count). The summed E-state index contributed by atoms with van der Waals surface area (Å²) in [7, 11) is 0. The minimum Gasteiger partial charge on any atom is -0.479 e. The predicted octanol–water partition coefficient (Wildman–Crippen LogP) is 1.33. The van der Waals surface area contributed by atoms with E-state index < -0.39 is 35.1 Å². The number of hydrogen-bond acceptors (Lipinski definition) is 4. The number of carboxylic acid groups (broad SMARTS) is 1. The first-order valence-electron chi connectivity index (χ1n) is 7.08. The van der Waals surface area contributed by atoms with Gasteiger partial charge in [0.05, 0.1) is 0 Å². The van der Waals surface area contributed by atoms with Gasteiger partial charge in [-0.3, -0.25) is 14.5 Å². The normalized spacial score (nSPS) is 23.9. The van der Waals surface area contributed by atoms with E-state index in [1.54, 1.807) is 30.3 Å². The largest absolute Gasteiger partial charge is 0.479 e. The fourth-order valence-corrected chi connectivity index (χ4v) is 2.90. The number of carbonyl (C=O) groups excluding carboxylic acids is 2. The van der Waals surface area contributed by atoms with E-state index in [2.05, 4.69) is 11.9 Å². The second kappa shape index (κ2) is 6.52. The zero-order valence-corrected chi connectivity index (χ0v) is 13.9. The van der Waals surface area contributed by atoms with Gasteiger partial charge in [-0.2, -0.15) is 0 Å². The number of nitrogens with zero attached hydrogens (tertiary/aromatic N) is 1. The van der Waals surface area contributed by atoms with Gasteiger partial charge in [-0.15, -0.1) is 0 Å². The van der Waals surface area contributed by atoms with E-state index in [-0.39, 0.29) is 5.57 Å². The molecule has 0 saturated carbocycles. The van der Waals surface area contributed by atoms with E-state index in [1.165, 1.54) is 13.8 Å². The summed E-state index contributed by atoms with van der Waals surface area (Å²) >= 11 is 6.27. The molecule has 1 aromatic carbocycles. The average Bonchev–Trinajstić information content (AvgIpc) is 2.50. The van der Waals surface area contributed by atoms with E-state index in [9.17, 15) is 19.5 Å². The first-order valence-corrected chi connectivity index (χ1v) is 7.52. The first kappa shape index (κ1) is 17.8. The van der Waals surface area contributed by atoms with Crippen molar-refractivity contribution in [2.45, 2.75) is 31.1 Å². The number of carboxylic acids is 1. The van der Waals surface area contributed by atoms with E-state index >= 15 is 0 Å². The first-order chi connectivity index (χ1) is 11.2. The third-order valence-corrected chi connectivity index (χ3v) is 4.01. The number of benzene rings is 1. The summed E-state index contributed by atoms with van der Waals surface area (Å²) in [6.45, 7) is 6.27.